The number of nitrogens with zero attached hydrogens (tertiary/aromatic N) is 1. The summed E-state index contributed by atoms with van der Waals surface area (Å²) < 4.78 is 0. The fourth-order valence-electron chi connectivity index (χ4n) is 3.14. The number of hydrogen-bond acceptors (Lipinski definition) is 4. The number of carbonyl (C=O) groups is 2. The molecule has 1 heterocycles. The highest BCUT2D eigenvalue weighted by molar-refractivity contribution is 8.00. The first kappa shape index (κ1) is 19.0. The number of nitrogens with one attached hydrogen (secondary N) is 2. The van der Waals surface area contributed by atoms with Crippen LogP contribution in [0.5, 0.6) is 0 Å². The Morgan fingerprint density at radius 2 is 1.55 bits per heavy atom. The summed E-state index contributed by atoms with van der Waals surface area (Å²) in [6, 6.07) is 22.6. The van der Waals surface area contributed by atoms with Crippen LogP contribution >= 0.6 is 11.8 Å². The van der Waals surface area contributed by atoms with Crippen LogP contribution in [0.3, 0.4) is 0 Å². The number of hydrogen-bond donors (Lipinski definition) is 2. The number of pyridine rings is 1. The number of urea groups is 1. The molecule has 3 amide bonds. The molecular weight excluding hydrogens is 382 g/mol. The Morgan fingerprint density at radius 3 is 2.21 bits per heavy atom. The van der Waals surface area contributed by atoms with Crippen LogP contribution < -0.4 is 10.6 Å². The van der Waals surface area contributed by atoms with Crippen LogP contribution in [0.1, 0.15) is 5.56 Å². The molecule has 0 aliphatic rings. The number of para-hydroxylation sites is 2. The lowest BCUT2D eigenvalue weighted by Crippen LogP contribution is -2.35. The third-order valence-electron chi connectivity index (χ3n) is 4.41. The standard InChI is InChI=1S/C23H19N3O2S/c1-15-7-6-8-16(13-15)24-23(28)26-21(27)14-29-22-17-9-2-4-11-19(17)25-20-12-5-3-10-18(20)22/h2-13H,14H2,1H3,(H2,24,26,27,28). The minimum Gasteiger partial charge on any atom is -0.308 e. The number of fused-ring (bicyclic) bond motifs is 2. The fourth-order valence-corrected chi connectivity index (χ4v) is 4.15. The maximum absolute atomic E-state index is 12.3. The largest absolute Gasteiger partial charge is 0.325 e. The van der Waals surface area contributed by atoms with E-state index in [-0.39, 0.29) is 11.7 Å². The van der Waals surface area contributed by atoms with Crippen molar-refractivity contribution in [3.63, 3.8) is 0 Å². The molecule has 0 fully saturated rings. The molecule has 0 atom stereocenters. The molecule has 5 nitrogen and oxygen atoms in total. The lowest BCUT2D eigenvalue weighted by atomic mass is 10.1. The summed E-state index contributed by atoms with van der Waals surface area (Å²) in [7, 11) is 0. The number of aryl methyl sites for hydroxylation is 1. The molecule has 6 heteroatoms. The average Bonchev–Trinajstić information content (AvgIpc) is 2.71. The number of anilines is 1. The fraction of sp³-hybridized carbons (Fsp3) is 0.0870. The number of rotatable bonds is 4. The van der Waals surface area contributed by atoms with Gasteiger partial charge in [0.05, 0.1) is 16.8 Å². The summed E-state index contributed by atoms with van der Waals surface area (Å²) in [6.45, 7) is 1.94. The van der Waals surface area contributed by atoms with Gasteiger partial charge in [-0.3, -0.25) is 10.1 Å². The molecule has 144 valence electrons. The van der Waals surface area contributed by atoms with Crippen molar-refractivity contribution in [3.8, 4) is 0 Å². The summed E-state index contributed by atoms with van der Waals surface area (Å²) in [5, 5.41) is 7.06. The third-order valence-corrected chi connectivity index (χ3v) is 5.55. The summed E-state index contributed by atoms with van der Waals surface area (Å²) in [5.74, 6) is -0.232. The van der Waals surface area contributed by atoms with Crippen LogP contribution in [-0.2, 0) is 4.79 Å². The van der Waals surface area contributed by atoms with Crippen molar-refractivity contribution >= 4 is 51.2 Å². The zero-order valence-electron chi connectivity index (χ0n) is 15.8. The lowest BCUT2D eigenvalue weighted by Gasteiger charge is -2.11. The molecule has 0 saturated heterocycles. The van der Waals surface area contributed by atoms with Gasteiger partial charge in [-0.25, -0.2) is 9.78 Å². The maximum atomic E-state index is 12.3. The molecule has 0 saturated carbocycles. The molecule has 0 aliphatic heterocycles. The van der Waals surface area contributed by atoms with E-state index in [1.54, 1.807) is 6.07 Å². The molecule has 1 aromatic heterocycles. The number of imide groups is 1. The van der Waals surface area contributed by atoms with E-state index in [1.165, 1.54) is 11.8 Å². The Bertz CT molecular complexity index is 1170. The van der Waals surface area contributed by atoms with E-state index in [1.807, 2.05) is 73.7 Å². The molecular formula is C23H19N3O2S. The SMILES string of the molecule is Cc1cccc(NC(=O)NC(=O)CSc2c3ccccc3nc3ccccc23)c1. The van der Waals surface area contributed by atoms with Gasteiger partial charge in [0.15, 0.2) is 0 Å². The van der Waals surface area contributed by atoms with Gasteiger partial charge in [-0.05, 0) is 36.8 Å². The molecule has 4 rings (SSSR count). The van der Waals surface area contributed by atoms with Gasteiger partial charge in [0, 0.05) is 21.4 Å². The first-order valence-corrected chi connectivity index (χ1v) is 10.2. The van der Waals surface area contributed by atoms with Gasteiger partial charge < -0.3 is 5.32 Å². The number of aromatic nitrogens is 1. The maximum Gasteiger partial charge on any atom is 0.325 e. The van der Waals surface area contributed by atoms with Crippen LogP contribution in [-0.4, -0.2) is 22.7 Å². The summed E-state index contributed by atoms with van der Waals surface area (Å²) in [6.07, 6.45) is 0. The Hall–Kier alpha value is -3.38. The van der Waals surface area contributed by atoms with Crippen molar-refractivity contribution < 1.29 is 9.59 Å². The predicted molar refractivity (Wildman–Crippen MR) is 118 cm³/mol. The minimum atomic E-state index is -0.536. The zero-order chi connectivity index (χ0) is 20.2. The van der Waals surface area contributed by atoms with Crippen LogP contribution in [0, 0.1) is 6.92 Å². The van der Waals surface area contributed by atoms with E-state index in [0.29, 0.717) is 5.69 Å². The molecule has 0 unspecified atom stereocenters. The van der Waals surface area contributed by atoms with E-state index in [9.17, 15) is 9.59 Å². The second kappa shape index (κ2) is 8.32. The Kier molecular flexibility index (Phi) is 5.44. The molecule has 29 heavy (non-hydrogen) atoms. The van der Waals surface area contributed by atoms with Gasteiger partial charge >= 0.3 is 6.03 Å². The molecule has 0 spiro atoms. The second-order valence-electron chi connectivity index (χ2n) is 6.64. The van der Waals surface area contributed by atoms with Gasteiger partial charge in [0.25, 0.3) is 0 Å². The number of carbonyl (C=O) groups excluding carboxylic acids is 2. The first-order valence-electron chi connectivity index (χ1n) is 9.18. The Morgan fingerprint density at radius 1 is 0.897 bits per heavy atom. The summed E-state index contributed by atoms with van der Waals surface area (Å²) in [4.78, 5) is 30.1. The predicted octanol–water partition coefficient (Wildman–Crippen LogP) is 5.14. The molecule has 4 aromatic rings. The van der Waals surface area contributed by atoms with Crippen molar-refractivity contribution in [3.05, 3.63) is 78.4 Å². The van der Waals surface area contributed by atoms with E-state index >= 15 is 0 Å². The van der Waals surface area contributed by atoms with Crippen LogP contribution in [0.2, 0.25) is 0 Å². The van der Waals surface area contributed by atoms with E-state index in [4.69, 9.17) is 0 Å². The van der Waals surface area contributed by atoms with Crippen LogP contribution in [0.15, 0.2) is 77.7 Å². The summed E-state index contributed by atoms with van der Waals surface area (Å²) in [5.41, 5.74) is 3.44. The van der Waals surface area contributed by atoms with E-state index in [0.717, 1.165) is 32.3 Å². The number of benzene rings is 3. The van der Waals surface area contributed by atoms with Gasteiger partial charge in [0.1, 0.15) is 0 Å². The molecule has 0 radical (unpaired) electrons. The highest BCUT2D eigenvalue weighted by atomic mass is 32.2. The molecule has 0 aliphatic carbocycles. The van der Waals surface area contributed by atoms with Gasteiger partial charge in [0.2, 0.25) is 5.91 Å². The normalized spacial score (nSPS) is 10.8. The highest BCUT2D eigenvalue weighted by Crippen LogP contribution is 2.33. The third kappa shape index (κ3) is 4.38. The second-order valence-corrected chi connectivity index (χ2v) is 7.62. The monoisotopic (exact) mass is 401 g/mol. The topological polar surface area (TPSA) is 71.1 Å². The van der Waals surface area contributed by atoms with Crippen molar-refractivity contribution in [1.82, 2.24) is 10.3 Å². The van der Waals surface area contributed by atoms with Crippen LogP contribution in [0.4, 0.5) is 10.5 Å². The zero-order valence-corrected chi connectivity index (χ0v) is 16.6. The van der Waals surface area contributed by atoms with Crippen LogP contribution in [0.25, 0.3) is 21.8 Å². The molecule has 2 N–H and O–H groups in total. The smallest absolute Gasteiger partial charge is 0.308 e. The van der Waals surface area contributed by atoms with Gasteiger partial charge in [-0.15, -0.1) is 11.8 Å². The van der Waals surface area contributed by atoms with Crippen molar-refractivity contribution in [2.75, 3.05) is 11.1 Å². The highest BCUT2D eigenvalue weighted by Gasteiger charge is 2.13. The van der Waals surface area contributed by atoms with Crippen molar-refractivity contribution in [1.29, 1.82) is 0 Å². The number of thioether (sulfide) groups is 1. The average molecular weight is 401 g/mol. The van der Waals surface area contributed by atoms with Gasteiger partial charge in [-0.1, -0.05) is 48.5 Å². The molecule has 3 aromatic carbocycles. The molecule has 0 bridgehead atoms. The first-order chi connectivity index (χ1) is 14.1. The Labute approximate surface area is 172 Å². The Balaban J connectivity index is 1.49. The van der Waals surface area contributed by atoms with Crippen molar-refractivity contribution in [2.45, 2.75) is 11.8 Å². The lowest BCUT2D eigenvalue weighted by molar-refractivity contribution is -0.117. The number of amides is 3. The summed E-state index contributed by atoms with van der Waals surface area (Å²) >= 11 is 1.41. The van der Waals surface area contributed by atoms with Gasteiger partial charge in [-0.2, -0.15) is 0 Å². The minimum absolute atomic E-state index is 0.124. The van der Waals surface area contributed by atoms with Crippen molar-refractivity contribution in [2.24, 2.45) is 0 Å². The van der Waals surface area contributed by atoms with E-state index < -0.39 is 6.03 Å². The van der Waals surface area contributed by atoms with E-state index in [2.05, 4.69) is 15.6 Å². The quantitative estimate of drug-likeness (QED) is 0.367.